The van der Waals surface area contributed by atoms with E-state index in [0.717, 1.165) is 5.56 Å². The molecule has 3 rings (SSSR count). The van der Waals surface area contributed by atoms with E-state index in [2.05, 4.69) is 10.5 Å². The second-order valence-electron chi connectivity index (χ2n) is 6.11. The van der Waals surface area contributed by atoms with E-state index in [0.29, 0.717) is 37.3 Å². The maximum Gasteiger partial charge on any atom is 0.256 e. The molecule has 25 heavy (non-hydrogen) atoms. The molecule has 1 aliphatic heterocycles. The Morgan fingerprint density at radius 1 is 1.40 bits per heavy atom. The van der Waals surface area contributed by atoms with E-state index in [9.17, 15) is 14.0 Å². The number of rotatable bonds is 6. The number of halogens is 1. The minimum atomic E-state index is -0.274. The van der Waals surface area contributed by atoms with E-state index < -0.39 is 0 Å². The van der Waals surface area contributed by atoms with Crippen molar-refractivity contribution < 1.29 is 18.5 Å². The summed E-state index contributed by atoms with van der Waals surface area (Å²) in [5, 5.41) is 6.52. The minimum Gasteiger partial charge on any atom is -0.361 e. The van der Waals surface area contributed by atoms with Gasteiger partial charge in [-0.15, -0.1) is 0 Å². The van der Waals surface area contributed by atoms with E-state index in [4.69, 9.17) is 4.52 Å². The summed E-state index contributed by atoms with van der Waals surface area (Å²) < 4.78 is 17.9. The number of nitrogens with one attached hydrogen (secondary N) is 1. The molecule has 1 saturated heterocycles. The largest absolute Gasteiger partial charge is 0.361 e. The molecular weight excluding hydrogens is 325 g/mol. The van der Waals surface area contributed by atoms with Crippen molar-refractivity contribution in [2.24, 2.45) is 0 Å². The van der Waals surface area contributed by atoms with Crippen LogP contribution >= 0.6 is 0 Å². The maximum atomic E-state index is 12.9. The Balaban J connectivity index is 1.53. The van der Waals surface area contributed by atoms with Crippen LogP contribution in [0.1, 0.15) is 35.0 Å². The fourth-order valence-corrected chi connectivity index (χ4v) is 2.97. The van der Waals surface area contributed by atoms with Crippen molar-refractivity contribution in [3.63, 3.8) is 0 Å². The standard InChI is InChI=1S/C18H20FN3O3/c1-2-16-15(10-20-25-16)18(24)21-14-9-17(23)22(11-14)8-7-12-3-5-13(19)6-4-12/h3-6,10,14H,2,7-9,11H2,1H3,(H,21,24). The Kier molecular flexibility index (Phi) is 5.11. The van der Waals surface area contributed by atoms with Crippen LogP contribution in [0.3, 0.4) is 0 Å². The Morgan fingerprint density at radius 3 is 2.88 bits per heavy atom. The minimum absolute atomic E-state index is 0.00782. The van der Waals surface area contributed by atoms with Gasteiger partial charge in [0.05, 0.1) is 12.2 Å². The predicted molar refractivity (Wildman–Crippen MR) is 88.4 cm³/mol. The number of hydrogen-bond acceptors (Lipinski definition) is 4. The van der Waals surface area contributed by atoms with Crippen LogP contribution < -0.4 is 5.32 Å². The quantitative estimate of drug-likeness (QED) is 0.868. The summed E-state index contributed by atoms with van der Waals surface area (Å²) in [6.07, 6.45) is 2.91. The highest BCUT2D eigenvalue weighted by Crippen LogP contribution is 2.15. The van der Waals surface area contributed by atoms with Gasteiger partial charge in [-0.2, -0.15) is 0 Å². The van der Waals surface area contributed by atoms with Gasteiger partial charge < -0.3 is 14.7 Å². The van der Waals surface area contributed by atoms with Gasteiger partial charge in [0.2, 0.25) is 5.91 Å². The zero-order chi connectivity index (χ0) is 17.8. The molecule has 132 valence electrons. The van der Waals surface area contributed by atoms with Gasteiger partial charge >= 0.3 is 0 Å². The van der Waals surface area contributed by atoms with Gasteiger partial charge in [0, 0.05) is 25.9 Å². The Morgan fingerprint density at radius 2 is 2.16 bits per heavy atom. The summed E-state index contributed by atoms with van der Waals surface area (Å²) in [6, 6.07) is 6.02. The summed E-state index contributed by atoms with van der Waals surface area (Å²) >= 11 is 0. The number of aryl methyl sites for hydroxylation is 1. The van der Waals surface area contributed by atoms with Crippen LogP contribution in [-0.2, 0) is 17.6 Å². The number of carbonyl (C=O) groups is 2. The molecule has 6 nitrogen and oxygen atoms in total. The number of nitrogens with zero attached hydrogens (tertiary/aromatic N) is 2. The average molecular weight is 345 g/mol. The Bertz CT molecular complexity index is 757. The van der Waals surface area contributed by atoms with Gasteiger partial charge in [0.1, 0.15) is 17.1 Å². The molecule has 0 radical (unpaired) electrons. The first-order valence-electron chi connectivity index (χ1n) is 8.33. The van der Waals surface area contributed by atoms with Crippen molar-refractivity contribution in [3.8, 4) is 0 Å². The van der Waals surface area contributed by atoms with Crippen molar-refractivity contribution in [1.82, 2.24) is 15.4 Å². The fraction of sp³-hybridized carbons (Fsp3) is 0.389. The molecule has 2 amide bonds. The fourth-order valence-electron chi connectivity index (χ4n) is 2.97. The second-order valence-corrected chi connectivity index (χ2v) is 6.11. The molecule has 7 heteroatoms. The highest BCUT2D eigenvalue weighted by atomic mass is 19.1. The molecule has 1 atom stereocenters. The molecule has 1 aromatic heterocycles. The molecule has 2 aromatic rings. The zero-order valence-electron chi connectivity index (χ0n) is 14.0. The van der Waals surface area contributed by atoms with Gasteiger partial charge in [-0.25, -0.2) is 4.39 Å². The molecule has 0 saturated carbocycles. The number of benzene rings is 1. The smallest absolute Gasteiger partial charge is 0.256 e. The van der Waals surface area contributed by atoms with Gasteiger partial charge in [-0.1, -0.05) is 24.2 Å². The van der Waals surface area contributed by atoms with Crippen LogP contribution in [-0.4, -0.2) is 41.0 Å². The average Bonchev–Trinajstić information content (AvgIpc) is 3.20. The van der Waals surface area contributed by atoms with Crippen LogP contribution in [0.4, 0.5) is 4.39 Å². The normalized spacial score (nSPS) is 17.1. The summed E-state index contributed by atoms with van der Waals surface area (Å²) in [5.74, 6) is 0.00341. The van der Waals surface area contributed by atoms with Gasteiger partial charge in [0.15, 0.2) is 0 Å². The van der Waals surface area contributed by atoms with E-state index in [1.165, 1.54) is 18.3 Å². The predicted octanol–water partition coefficient (Wildman–Crippen LogP) is 1.95. The van der Waals surface area contributed by atoms with Crippen LogP contribution in [0.15, 0.2) is 35.0 Å². The van der Waals surface area contributed by atoms with Crippen molar-refractivity contribution in [2.45, 2.75) is 32.2 Å². The number of hydrogen-bond donors (Lipinski definition) is 1. The first-order valence-corrected chi connectivity index (χ1v) is 8.33. The van der Waals surface area contributed by atoms with Crippen molar-refractivity contribution >= 4 is 11.8 Å². The summed E-state index contributed by atoms with van der Waals surface area (Å²) in [7, 11) is 0. The lowest BCUT2D eigenvalue weighted by Crippen LogP contribution is -2.37. The number of aromatic nitrogens is 1. The number of carbonyl (C=O) groups excluding carboxylic acids is 2. The zero-order valence-corrected chi connectivity index (χ0v) is 14.0. The second kappa shape index (κ2) is 7.46. The van der Waals surface area contributed by atoms with Gasteiger partial charge in [-0.05, 0) is 24.1 Å². The molecule has 2 heterocycles. The van der Waals surface area contributed by atoms with E-state index in [1.807, 2.05) is 6.92 Å². The van der Waals surface area contributed by atoms with Gasteiger partial charge in [0.25, 0.3) is 5.91 Å². The molecule has 0 spiro atoms. The third kappa shape index (κ3) is 4.04. The SMILES string of the molecule is CCc1oncc1C(=O)NC1CC(=O)N(CCc2ccc(F)cc2)C1. The number of likely N-dealkylation sites (tertiary alicyclic amines) is 1. The third-order valence-corrected chi connectivity index (χ3v) is 4.34. The highest BCUT2D eigenvalue weighted by molar-refractivity contribution is 5.95. The van der Waals surface area contributed by atoms with Crippen LogP contribution in [0, 0.1) is 5.82 Å². The summed E-state index contributed by atoms with van der Waals surface area (Å²) in [4.78, 5) is 26.1. The van der Waals surface area contributed by atoms with Crippen LogP contribution in [0.2, 0.25) is 0 Å². The van der Waals surface area contributed by atoms with Crippen LogP contribution in [0.5, 0.6) is 0 Å². The lowest BCUT2D eigenvalue weighted by molar-refractivity contribution is -0.127. The highest BCUT2D eigenvalue weighted by Gasteiger charge is 2.31. The third-order valence-electron chi connectivity index (χ3n) is 4.34. The Hall–Kier alpha value is -2.70. The Labute approximate surface area is 145 Å². The molecule has 1 unspecified atom stereocenters. The topological polar surface area (TPSA) is 75.4 Å². The summed E-state index contributed by atoms with van der Waals surface area (Å²) in [5.41, 5.74) is 1.39. The molecule has 0 bridgehead atoms. The molecular formula is C18H20FN3O3. The van der Waals surface area contributed by atoms with Crippen molar-refractivity contribution in [3.05, 3.63) is 53.2 Å². The first-order chi connectivity index (χ1) is 12.1. The molecule has 1 fully saturated rings. The van der Waals surface area contributed by atoms with Crippen molar-refractivity contribution in [1.29, 1.82) is 0 Å². The van der Waals surface area contributed by atoms with E-state index in [-0.39, 0.29) is 30.1 Å². The van der Waals surface area contributed by atoms with Gasteiger partial charge in [-0.3, -0.25) is 9.59 Å². The molecule has 1 N–H and O–H groups in total. The maximum absolute atomic E-state index is 12.9. The molecule has 1 aliphatic rings. The lowest BCUT2D eigenvalue weighted by Gasteiger charge is -2.17. The summed E-state index contributed by atoms with van der Waals surface area (Å²) in [6.45, 7) is 2.90. The van der Waals surface area contributed by atoms with Crippen molar-refractivity contribution in [2.75, 3.05) is 13.1 Å². The van der Waals surface area contributed by atoms with E-state index in [1.54, 1.807) is 17.0 Å². The first kappa shape index (κ1) is 17.1. The number of amides is 2. The van der Waals surface area contributed by atoms with E-state index >= 15 is 0 Å². The molecule has 1 aromatic carbocycles. The monoisotopic (exact) mass is 345 g/mol. The lowest BCUT2D eigenvalue weighted by atomic mass is 10.1. The van der Waals surface area contributed by atoms with Crippen LogP contribution in [0.25, 0.3) is 0 Å². The molecule has 0 aliphatic carbocycles.